The molecule has 2 rings (SSSR count). The van der Waals surface area contributed by atoms with Crippen LogP contribution in [0, 0.1) is 11.7 Å². The highest BCUT2D eigenvalue weighted by Gasteiger charge is 2.29. The number of benzene rings is 1. The molecular formula is C14H19BrFNO2S. The zero-order valence-corrected chi connectivity index (χ0v) is 13.8. The lowest BCUT2D eigenvalue weighted by Gasteiger charge is -2.31. The maximum atomic E-state index is 13.1. The predicted molar refractivity (Wildman–Crippen MR) is 80.5 cm³/mol. The summed E-state index contributed by atoms with van der Waals surface area (Å²) in [5.41, 5.74) is 0. The second-order valence-corrected chi connectivity index (χ2v) is 7.79. The van der Waals surface area contributed by atoms with E-state index in [9.17, 15) is 12.8 Å². The molecule has 0 heterocycles. The van der Waals surface area contributed by atoms with Crippen LogP contribution in [0.4, 0.5) is 4.39 Å². The van der Waals surface area contributed by atoms with E-state index in [1.54, 1.807) is 0 Å². The minimum atomic E-state index is -3.61. The van der Waals surface area contributed by atoms with Crippen LogP contribution in [0.25, 0.3) is 0 Å². The molecule has 0 radical (unpaired) electrons. The summed E-state index contributed by atoms with van der Waals surface area (Å²) in [6, 6.07) is 3.62. The number of halogens is 2. The average molecular weight is 364 g/mol. The molecule has 1 aliphatic rings. The Morgan fingerprint density at radius 1 is 1.35 bits per heavy atom. The Bertz CT molecular complexity index is 577. The minimum Gasteiger partial charge on any atom is -0.208 e. The maximum absolute atomic E-state index is 13.1. The Balaban J connectivity index is 2.22. The summed E-state index contributed by atoms with van der Waals surface area (Å²) in [6.45, 7) is 2.09. The van der Waals surface area contributed by atoms with Crippen LogP contribution in [-0.4, -0.2) is 14.5 Å². The normalized spacial score (nSPS) is 23.8. The van der Waals surface area contributed by atoms with E-state index in [4.69, 9.17) is 0 Å². The molecule has 1 aromatic rings. The maximum Gasteiger partial charge on any atom is 0.241 e. The summed E-state index contributed by atoms with van der Waals surface area (Å²) in [4.78, 5) is 0.0966. The molecule has 3 nitrogen and oxygen atoms in total. The van der Waals surface area contributed by atoms with Crippen molar-refractivity contribution >= 4 is 26.0 Å². The number of nitrogens with one attached hydrogen (secondary N) is 1. The van der Waals surface area contributed by atoms with Gasteiger partial charge >= 0.3 is 0 Å². The average Bonchev–Trinajstić information content (AvgIpc) is 2.38. The molecule has 20 heavy (non-hydrogen) atoms. The quantitative estimate of drug-likeness (QED) is 0.883. The summed E-state index contributed by atoms with van der Waals surface area (Å²) in [6.07, 6.45) is 5.12. The van der Waals surface area contributed by atoms with Crippen LogP contribution in [0.2, 0.25) is 0 Å². The van der Waals surface area contributed by atoms with E-state index in [1.165, 1.54) is 12.1 Å². The third kappa shape index (κ3) is 3.59. The highest BCUT2D eigenvalue weighted by Crippen LogP contribution is 2.29. The van der Waals surface area contributed by atoms with Gasteiger partial charge in [0.1, 0.15) is 5.82 Å². The smallest absolute Gasteiger partial charge is 0.208 e. The Morgan fingerprint density at radius 2 is 2.05 bits per heavy atom. The molecule has 1 aliphatic carbocycles. The molecule has 0 aliphatic heterocycles. The van der Waals surface area contributed by atoms with Crippen LogP contribution in [-0.2, 0) is 10.0 Å². The SMILES string of the molecule is CCC1CCCCC1NS(=O)(=O)c1ccc(F)cc1Br. The third-order valence-corrected chi connectivity index (χ3v) is 6.39. The van der Waals surface area contributed by atoms with Gasteiger partial charge in [-0.1, -0.05) is 26.2 Å². The van der Waals surface area contributed by atoms with Crippen molar-refractivity contribution in [2.75, 3.05) is 0 Å². The number of sulfonamides is 1. The van der Waals surface area contributed by atoms with Gasteiger partial charge in [-0.25, -0.2) is 17.5 Å². The number of rotatable bonds is 4. The van der Waals surface area contributed by atoms with Crippen LogP contribution in [0.1, 0.15) is 39.0 Å². The molecule has 0 amide bonds. The van der Waals surface area contributed by atoms with Gasteiger partial charge < -0.3 is 0 Å². The fraction of sp³-hybridized carbons (Fsp3) is 0.571. The molecule has 112 valence electrons. The highest BCUT2D eigenvalue weighted by atomic mass is 79.9. The summed E-state index contributed by atoms with van der Waals surface area (Å²) in [7, 11) is -3.61. The first-order chi connectivity index (χ1) is 9.44. The predicted octanol–water partition coefficient (Wildman–Crippen LogP) is 3.84. The Morgan fingerprint density at radius 3 is 2.70 bits per heavy atom. The van der Waals surface area contributed by atoms with Crippen molar-refractivity contribution in [3.8, 4) is 0 Å². The van der Waals surface area contributed by atoms with Gasteiger partial charge in [0.25, 0.3) is 0 Å². The zero-order chi connectivity index (χ0) is 14.8. The van der Waals surface area contributed by atoms with E-state index >= 15 is 0 Å². The van der Waals surface area contributed by atoms with Crippen molar-refractivity contribution in [3.63, 3.8) is 0 Å². The largest absolute Gasteiger partial charge is 0.241 e. The van der Waals surface area contributed by atoms with Crippen LogP contribution in [0.5, 0.6) is 0 Å². The standard InChI is InChI=1S/C14H19BrFNO2S/c1-2-10-5-3-4-6-13(10)17-20(18,19)14-8-7-11(16)9-12(14)15/h7-10,13,17H,2-6H2,1H3. The molecule has 1 aromatic carbocycles. The molecule has 1 fully saturated rings. The summed E-state index contributed by atoms with van der Waals surface area (Å²) in [5, 5.41) is 0. The molecule has 0 saturated heterocycles. The third-order valence-electron chi connectivity index (χ3n) is 3.92. The van der Waals surface area contributed by atoms with Crippen LogP contribution >= 0.6 is 15.9 Å². The molecule has 0 bridgehead atoms. The fourth-order valence-electron chi connectivity index (χ4n) is 2.81. The first kappa shape index (κ1) is 15.9. The van der Waals surface area contributed by atoms with Gasteiger partial charge in [-0.2, -0.15) is 0 Å². The molecular weight excluding hydrogens is 345 g/mol. The van der Waals surface area contributed by atoms with E-state index in [1.807, 2.05) is 0 Å². The van der Waals surface area contributed by atoms with Crippen molar-refractivity contribution < 1.29 is 12.8 Å². The first-order valence-corrected chi connectivity index (χ1v) is 9.19. The topological polar surface area (TPSA) is 46.2 Å². The Labute approximate surface area is 128 Å². The van der Waals surface area contributed by atoms with Crippen molar-refractivity contribution in [3.05, 3.63) is 28.5 Å². The summed E-state index contributed by atoms with van der Waals surface area (Å²) >= 11 is 3.12. The molecule has 0 spiro atoms. The van der Waals surface area contributed by atoms with Crippen molar-refractivity contribution in [2.45, 2.75) is 50.0 Å². The van der Waals surface area contributed by atoms with E-state index in [0.717, 1.165) is 38.2 Å². The minimum absolute atomic E-state index is 0.0179. The monoisotopic (exact) mass is 363 g/mol. The summed E-state index contributed by atoms with van der Waals surface area (Å²) in [5.74, 6) is -0.0716. The molecule has 1 N–H and O–H groups in total. The molecule has 2 unspecified atom stereocenters. The Kier molecular flexibility index (Phi) is 5.20. The second kappa shape index (κ2) is 6.54. The van der Waals surface area contributed by atoms with E-state index in [-0.39, 0.29) is 15.4 Å². The lowest BCUT2D eigenvalue weighted by atomic mass is 9.83. The molecule has 1 saturated carbocycles. The first-order valence-electron chi connectivity index (χ1n) is 6.91. The van der Waals surface area contributed by atoms with E-state index in [2.05, 4.69) is 27.6 Å². The van der Waals surface area contributed by atoms with Crippen LogP contribution in [0.15, 0.2) is 27.6 Å². The van der Waals surface area contributed by atoms with Gasteiger partial charge in [0.15, 0.2) is 0 Å². The fourth-order valence-corrected chi connectivity index (χ4v) is 5.20. The van der Waals surface area contributed by atoms with Gasteiger partial charge in [0.2, 0.25) is 10.0 Å². The summed E-state index contributed by atoms with van der Waals surface area (Å²) < 4.78 is 41.0. The van der Waals surface area contributed by atoms with E-state index < -0.39 is 15.8 Å². The van der Waals surface area contributed by atoms with Gasteiger partial charge in [0.05, 0.1) is 4.90 Å². The van der Waals surface area contributed by atoms with Crippen molar-refractivity contribution in [1.29, 1.82) is 0 Å². The lowest BCUT2D eigenvalue weighted by molar-refractivity contribution is 0.282. The Hall–Kier alpha value is -0.460. The van der Waals surface area contributed by atoms with Gasteiger partial charge in [-0.3, -0.25) is 0 Å². The zero-order valence-electron chi connectivity index (χ0n) is 11.4. The lowest BCUT2D eigenvalue weighted by Crippen LogP contribution is -2.41. The molecule has 0 aromatic heterocycles. The molecule has 6 heteroatoms. The number of hydrogen-bond acceptors (Lipinski definition) is 2. The second-order valence-electron chi connectivity index (χ2n) is 5.26. The van der Waals surface area contributed by atoms with Crippen molar-refractivity contribution in [2.24, 2.45) is 5.92 Å². The molecule has 2 atom stereocenters. The van der Waals surface area contributed by atoms with Crippen LogP contribution in [0.3, 0.4) is 0 Å². The highest BCUT2D eigenvalue weighted by molar-refractivity contribution is 9.10. The van der Waals surface area contributed by atoms with Crippen LogP contribution < -0.4 is 4.72 Å². The van der Waals surface area contributed by atoms with E-state index in [0.29, 0.717) is 5.92 Å². The van der Waals surface area contributed by atoms with Gasteiger partial charge in [-0.15, -0.1) is 0 Å². The van der Waals surface area contributed by atoms with Gasteiger partial charge in [0, 0.05) is 10.5 Å². The number of hydrogen-bond donors (Lipinski definition) is 1. The van der Waals surface area contributed by atoms with Gasteiger partial charge in [-0.05, 0) is 52.9 Å². The van der Waals surface area contributed by atoms with Crippen molar-refractivity contribution in [1.82, 2.24) is 4.72 Å².